The predicted molar refractivity (Wildman–Crippen MR) is 196 cm³/mol. The minimum Gasteiger partial charge on any atom is -0.462 e. The third-order valence-corrected chi connectivity index (χ3v) is 11.7. The molecule has 0 aromatic heterocycles. The number of rotatable bonds is 25. The third kappa shape index (κ3) is 15.0. The molecule has 52 heavy (non-hydrogen) atoms. The molecule has 3 aliphatic rings. The van der Waals surface area contributed by atoms with Gasteiger partial charge in [0.2, 0.25) is 0 Å². The van der Waals surface area contributed by atoms with Gasteiger partial charge in [-0.15, -0.1) is 0 Å². The molecule has 0 saturated carbocycles. The van der Waals surface area contributed by atoms with Crippen molar-refractivity contribution in [1.29, 1.82) is 0 Å². The molecule has 0 aromatic carbocycles. The normalized spacial score (nSPS) is 35.3. The summed E-state index contributed by atoms with van der Waals surface area (Å²) < 4.78 is 28.7. The van der Waals surface area contributed by atoms with E-state index in [4.69, 9.17) is 23.7 Å². The zero-order chi connectivity index (χ0) is 38.0. The topological polar surface area (TPSA) is 185 Å². The van der Waals surface area contributed by atoms with Crippen LogP contribution in [0.4, 0.5) is 0 Å². The molecule has 3 fully saturated rings. The molecule has 0 spiro atoms. The molecular weight excluding hydrogens is 672 g/mol. The molecule has 3 aliphatic heterocycles. The highest BCUT2D eigenvalue weighted by molar-refractivity contribution is 5.70. The number of aliphatic hydroxyl groups is 6. The fourth-order valence-corrected chi connectivity index (χ4v) is 7.73. The van der Waals surface area contributed by atoms with Crippen LogP contribution in [0.25, 0.3) is 0 Å². The summed E-state index contributed by atoms with van der Waals surface area (Å²) in [4.78, 5) is 11.7. The summed E-state index contributed by atoms with van der Waals surface area (Å²) in [6, 6.07) is 0. The third-order valence-electron chi connectivity index (χ3n) is 11.7. The number of cyclic esters (lactones) is 1. The Hall–Kier alpha value is -0.930. The minimum atomic E-state index is -1.53. The van der Waals surface area contributed by atoms with Gasteiger partial charge in [-0.25, -0.2) is 0 Å². The van der Waals surface area contributed by atoms with Gasteiger partial charge in [-0.2, -0.15) is 0 Å². The van der Waals surface area contributed by atoms with Crippen LogP contribution < -0.4 is 0 Å². The molecule has 6 N–H and O–H groups in total. The summed E-state index contributed by atoms with van der Waals surface area (Å²) in [7, 11) is 0. The number of aliphatic hydroxyl groups excluding tert-OH is 6. The molecule has 0 aliphatic carbocycles. The van der Waals surface area contributed by atoms with Gasteiger partial charge in [-0.3, -0.25) is 4.79 Å². The lowest BCUT2D eigenvalue weighted by Crippen LogP contribution is -2.61. The zero-order valence-corrected chi connectivity index (χ0v) is 32.6. The average molecular weight is 747 g/mol. The van der Waals surface area contributed by atoms with Gasteiger partial charge >= 0.3 is 5.97 Å². The Morgan fingerprint density at radius 1 is 0.692 bits per heavy atom. The summed E-state index contributed by atoms with van der Waals surface area (Å²) in [5.74, 6) is 0.693. The SMILES string of the molecule is CCC1CC(=O)OC(CCCCCCCCCCCCCCCCC(OC2OC(COC3OC(C)C(O)C(O)C3O)C(O)C(O)C2O)C(C)CC)C1. The highest BCUT2D eigenvalue weighted by atomic mass is 16.7. The Balaban J connectivity index is 1.23. The largest absolute Gasteiger partial charge is 0.462 e. The number of unbranched alkanes of at least 4 members (excludes halogenated alkanes) is 13. The van der Waals surface area contributed by atoms with Crippen LogP contribution in [-0.2, 0) is 28.5 Å². The van der Waals surface area contributed by atoms with E-state index >= 15 is 0 Å². The average Bonchev–Trinajstić information content (AvgIpc) is 3.13. The molecule has 306 valence electrons. The maximum absolute atomic E-state index is 11.7. The molecule has 0 bridgehead atoms. The molecule has 0 radical (unpaired) electrons. The Labute approximate surface area is 312 Å². The van der Waals surface area contributed by atoms with Crippen molar-refractivity contribution in [3.05, 3.63) is 0 Å². The lowest BCUT2D eigenvalue weighted by molar-refractivity contribution is -0.335. The van der Waals surface area contributed by atoms with E-state index in [0.717, 1.165) is 51.4 Å². The second-order valence-corrected chi connectivity index (χ2v) is 15.9. The van der Waals surface area contributed by atoms with E-state index in [9.17, 15) is 35.4 Å². The molecule has 0 aromatic rings. The molecule has 14 unspecified atom stereocenters. The second-order valence-electron chi connectivity index (χ2n) is 15.9. The second kappa shape index (κ2) is 24.6. The lowest BCUT2D eigenvalue weighted by Gasteiger charge is -2.43. The van der Waals surface area contributed by atoms with Gasteiger partial charge < -0.3 is 54.3 Å². The van der Waals surface area contributed by atoms with E-state index in [2.05, 4.69) is 20.8 Å². The van der Waals surface area contributed by atoms with Crippen molar-refractivity contribution in [1.82, 2.24) is 0 Å². The summed E-state index contributed by atoms with van der Waals surface area (Å²) in [5, 5.41) is 62.2. The van der Waals surface area contributed by atoms with E-state index in [-0.39, 0.29) is 30.7 Å². The summed E-state index contributed by atoms with van der Waals surface area (Å²) in [6.45, 7) is 7.57. The van der Waals surface area contributed by atoms with Crippen LogP contribution in [0.15, 0.2) is 0 Å². The Morgan fingerprint density at radius 2 is 1.23 bits per heavy atom. The number of carbonyl (C=O) groups is 1. The maximum Gasteiger partial charge on any atom is 0.306 e. The van der Waals surface area contributed by atoms with Crippen LogP contribution in [0.5, 0.6) is 0 Å². The van der Waals surface area contributed by atoms with Crippen LogP contribution in [-0.4, -0.2) is 117 Å². The molecule has 0 amide bonds. The molecule has 12 heteroatoms. The first-order chi connectivity index (χ1) is 25.0. The smallest absolute Gasteiger partial charge is 0.306 e. The van der Waals surface area contributed by atoms with Gasteiger partial charge in [-0.1, -0.05) is 117 Å². The quantitative estimate of drug-likeness (QED) is 0.0541. The van der Waals surface area contributed by atoms with E-state index < -0.39 is 61.4 Å². The van der Waals surface area contributed by atoms with Crippen molar-refractivity contribution in [3.63, 3.8) is 0 Å². The highest BCUT2D eigenvalue weighted by Crippen LogP contribution is 2.30. The zero-order valence-electron chi connectivity index (χ0n) is 32.6. The molecular formula is C40H74O12. The fraction of sp³-hybridized carbons (Fsp3) is 0.975. The fourth-order valence-electron chi connectivity index (χ4n) is 7.73. The number of ether oxygens (including phenoxy) is 5. The van der Waals surface area contributed by atoms with E-state index in [0.29, 0.717) is 12.3 Å². The van der Waals surface area contributed by atoms with Gasteiger partial charge in [0.25, 0.3) is 0 Å². The highest BCUT2D eigenvalue weighted by Gasteiger charge is 2.47. The molecule has 14 atom stereocenters. The van der Waals surface area contributed by atoms with Crippen LogP contribution >= 0.6 is 0 Å². The van der Waals surface area contributed by atoms with Crippen LogP contribution in [0.3, 0.4) is 0 Å². The van der Waals surface area contributed by atoms with Crippen molar-refractivity contribution in [3.8, 4) is 0 Å². The standard InChI is InChI=1S/C40H74O12/c1-5-26(3)30(51-40-38(47)36(45)34(43)31(52-40)25-48-39-37(46)35(44)33(42)27(4)49-39)22-20-18-16-14-12-10-8-7-9-11-13-15-17-19-21-29-23-28(6-2)24-32(41)50-29/h26-31,33-40,42-47H,5-25H2,1-4H3. The number of carbonyl (C=O) groups excluding carboxylic acids is 1. The Morgan fingerprint density at radius 3 is 1.81 bits per heavy atom. The first-order valence-corrected chi connectivity index (χ1v) is 20.8. The number of hydrogen-bond acceptors (Lipinski definition) is 12. The van der Waals surface area contributed by atoms with Crippen molar-refractivity contribution in [2.45, 2.75) is 230 Å². The van der Waals surface area contributed by atoms with Gasteiger partial charge in [0.05, 0.1) is 18.8 Å². The van der Waals surface area contributed by atoms with Crippen LogP contribution in [0.1, 0.15) is 156 Å². The van der Waals surface area contributed by atoms with Crippen molar-refractivity contribution < 1.29 is 59.1 Å². The van der Waals surface area contributed by atoms with E-state index in [1.54, 1.807) is 0 Å². The van der Waals surface area contributed by atoms with Gasteiger partial charge in [-0.05, 0) is 44.4 Å². The van der Waals surface area contributed by atoms with Gasteiger partial charge in [0.15, 0.2) is 12.6 Å². The van der Waals surface area contributed by atoms with Crippen molar-refractivity contribution in [2.75, 3.05) is 6.61 Å². The summed E-state index contributed by atoms with van der Waals surface area (Å²) in [6.07, 6.45) is 9.44. The Bertz CT molecular complexity index is 956. The number of esters is 1. The lowest BCUT2D eigenvalue weighted by atomic mass is 9.90. The summed E-state index contributed by atoms with van der Waals surface area (Å²) in [5.41, 5.74) is 0. The van der Waals surface area contributed by atoms with Crippen molar-refractivity contribution >= 4 is 5.97 Å². The van der Waals surface area contributed by atoms with Gasteiger partial charge in [0.1, 0.15) is 48.8 Å². The Kier molecular flexibility index (Phi) is 21.5. The first kappa shape index (κ1) is 45.5. The first-order valence-electron chi connectivity index (χ1n) is 20.8. The van der Waals surface area contributed by atoms with Crippen LogP contribution in [0.2, 0.25) is 0 Å². The van der Waals surface area contributed by atoms with E-state index in [1.165, 1.54) is 77.6 Å². The van der Waals surface area contributed by atoms with E-state index in [1.807, 2.05) is 0 Å². The van der Waals surface area contributed by atoms with Gasteiger partial charge in [0, 0.05) is 6.42 Å². The molecule has 12 nitrogen and oxygen atoms in total. The number of hydrogen-bond donors (Lipinski definition) is 6. The monoisotopic (exact) mass is 747 g/mol. The van der Waals surface area contributed by atoms with Crippen LogP contribution in [0, 0.1) is 11.8 Å². The predicted octanol–water partition coefficient (Wildman–Crippen LogP) is 5.04. The maximum atomic E-state index is 11.7. The summed E-state index contributed by atoms with van der Waals surface area (Å²) >= 11 is 0. The minimum absolute atomic E-state index is 0.00545. The van der Waals surface area contributed by atoms with Crippen molar-refractivity contribution in [2.24, 2.45) is 11.8 Å². The molecule has 3 rings (SSSR count). The molecule has 3 saturated heterocycles. The molecule has 3 heterocycles.